The molecule has 1 aliphatic heterocycles. The van der Waals surface area contributed by atoms with Gasteiger partial charge in [0.15, 0.2) is 0 Å². The van der Waals surface area contributed by atoms with Crippen molar-refractivity contribution in [2.75, 3.05) is 6.54 Å². The van der Waals surface area contributed by atoms with Gasteiger partial charge in [0.1, 0.15) is 0 Å². The molecule has 0 aromatic rings. The van der Waals surface area contributed by atoms with Gasteiger partial charge >= 0.3 is 0 Å². The van der Waals surface area contributed by atoms with Crippen LogP contribution in [0.1, 0.15) is 58.3 Å². The number of fused-ring (bicyclic) bond motifs is 1. The van der Waals surface area contributed by atoms with Gasteiger partial charge in [-0.05, 0) is 51.5 Å². The minimum absolute atomic E-state index is 0.0425. The largest absolute Gasteiger partial charge is 0.297 e. The van der Waals surface area contributed by atoms with Gasteiger partial charge in [0.2, 0.25) is 5.91 Å². The van der Waals surface area contributed by atoms with Crippen LogP contribution >= 0.6 is 0 Å². The Morgan fingerprint density at radius 1 is 1.33 bits per heavy atom. The number of carbonyl (C=O) groups excluding carboxylic acids is 1. The van der Waals surface area contributed by atoms with E-state index in [1.54, 1.807) is 0 Å². The number of hydrogen-bond acceptors (Lipinski definition) is 3. The molecule has 104 valence electrons. The minimum atomic E-state index is -0.0425. The molecule has 4 heteroatoms. The molecule has 1 saturated heterocycles. The third kappa shape index (κ3) is 3.23. The Balaban J connectivity index is 1.87. The lowest BCUT2D eigenvalue weighted by molar-refractivity contribution is -0.121. The van der Waals surface area contributed by atoms with E-state index in [1.165, 1.54) is 45.1 Å². The fraction of sp³-hybridized carbons (Fsp3) is 0.929. The van der Waals surface area contributed by atoms with Crippen LogP contribution in [0.2, 0.25) is 0 Å². The first-order chi connectivity index (χ1) is 8.72. The van der Waals surface area contributed by atoms with Crippen LogP contribution in [0.25, 0.3) is 0 Å². The van der Waals surface area contributed by atoms with Gasteiger partial charge in [-0.25, -0.2) is 5.84 Å². The summed E-state index contributed by atoms with van der Waals surface area (Å²) in [5.74, 6) is 6.00. The summed E-state index contributed by atoms with van der Waals surface area (Å²) in [5, 5.41) is 0. The van der Waals surface area contributed by atoms with Crippen LogP contribution in [0.4, 0.5) is 0 Å². The van der Waals surface area contributed by atoms with Crippen LogP contribution in [-0.2, 0) is 4.79 Å². The van der Waals surface area contributed by atoms with Crippen LogP contribution in [0, 0.1) is 5.92 Å². The van der Waals surface area contributed by atoms with E-state index in [-0.39, 0.29) is 5.91 Å². The Morgan fingerprint density at radius 3 is 2.83 bits per heavy atom. The zero-order valence-electron chi connectivity index (χ0n) is 11.5. The Kier molecular flexibility index (Phi) is 5.01. The molecular weight excluding hydrogens is 226 g/mol. The van der Waals surface area contributed by atoms with Crippen molar-refractivity contribution in [2.45, 2.75) is 70.4 Å². The minimum Gasteiger partial charge on any atom is -0.297 e. The van der Waals surface area contributed by atoms with E-state index in [0.717, 1.165) is 18.4 Å². The highest BCUT2D eigenvalue weighted by atomic mass is 16.2. The number of hydrazine groups is 1. The maximum Gasteiger partial charge on any atom is 0.233 e. The third-order valence-corrected chi connectivity index (χ3v) is 4.80. The molecule has 1 amide bonds. The molecule has 4 nitrogen and oxygen atoms in total. The average molecular weight is 253 g/mol. The standard InChI is InChI=1S/C14H27N3O/c1-11(8-9-14(18)16-15)17-10-4-6-12-5-2-3-7-13(12)17/h11-13H,2-10,15H2,1H3,(H,16,18). The van der Waals surface area contributed by atoms with Gasteiger partial charge in [0.05, 0.1) is 0 Å². The lowest BCUT2D eigenvalue weighted by Gasteiger charge is -2.47. The molecule has 3 unspecified atom stereocenters. The fourth-order valence-corrected chi connectivity index (χ4v) is 3.79. The summed E-state index contributed by atoms with van der Waals surface area (Å²) < 4.78 is 0. The Bertz CT molecular complexity index is 280. The topological polar surface area (TPSA) is 58.4 Å². The van der Waals surface area contributed by atoms with Crippen molar-refractivity contribution in [3.05, 3.63) is 0 Å². The molecule has 0 radical (unpaired) electrons. The fourth-order valence-electron chi connectivity index (χ4n) is 3.79. The average Bonchev–Trinajstić information content (AvgIpc) is 2.43. The van der Waals surface area contributed by atoms with Gasteiger partial charge in [-0.3, -0.25) is 15.1 Å². The number of amides is 1. The number of nitrogens with two attached hydrogens (primary N) is 1. The van der Waals surface area contributed by atoms with Gasteiger partial charge in [-0.2, -0.15) is 0 Å². The molecule has 1 aliphatic carbocycles. The summed E-state index contributed by atoms with van der Waals surface area (Å²) in [6.07, 6.45) is 9.78. The summed E-state index contributed by atoms with van der Waals surface area (Å²) >= 11 is 0. The number of carbonyl (C=O) groups is 1. The number of piperidine rings is 1. The molecule has 3 atom stereocenters. The smallest absolute Gasteiger partial charge is 0.233 e. The van der Waals surface area contributed by atoms with Crippen molar-refractivity contribution in [1.29, 1.82) is 0 Å². The number of hydrogen-bond donors (Lipinski definition) is 2. The van der Waals surface area contributed by atoms with Gasteiger partial charge in [0, 0.05) is 18.5 Å². The maximum atomic E-state index is 11.2. The first kappa shape index (κ1) is 13.8. The highest BCUT2D eigenvalue weighted by Crippen LogP contribution is 2.36. The number of nitrogens with one attached hydrogen (secondary N) is 1. The van der Waals surface area contributed by atoms with Crippen molar-refractivity contribution in [3.8, 4) is 0 Å². The SMILES string of the molecule is CC(CCC(=O)NN)N1CCCC2CCCCC21. The van der Waals surface area contributed by atoms with Gasteiger partial charge in [-0.1, -0.05) is 12.8 Å². The summed E-state index contributed by atoms with van der Waals surface area (Å²) in [5.41, 5.74) is 2.22. The molecule has 1 heterocycles. The molecule has 2 aliphatic rings. The van der Waals surface area contributed by atoms with E-state index in [1.807, 2.05) is 0 Å². The third-order valence-electron chi connectivity index (χ3n) is 4.80. The zero-order valence-corrected chi connectivity index (χ0v) is 11.5. The summed E-state index contributed by atoms with van der Waals surface area (Å²) in [7, 11) is 0. The lowest BCUT2D eigenvalue weighted by atomic mass is 9.77. The van der Waals surface area contributed by atoms with Crippen molar-refractivity contribution >= 4 is 5.91 Å². The van der Waals surface area contributed by atoms with Crippen molar-refractivity contribution in [1.82, 2.24) is 10.3 Å². The van der Waals surface area contributed by atoms with E-state index < -0.39 is 0 Å². The molecule has 1 saturated carbocycles. The van der Waals surface area contributed by atoms with E-state index in [2.05, 4.69) is 17.2 Å². The second-order valence-electron chi connectivity index (χ2n) is 5.95. The second kappa shape index (κ2) is 6.53. The quantitative estimate of drug-likeness (QED) is 0.456. The molecule has 0 aromatic carbocycles. The monoisotopic (exact) mass is 253 g/mol. The molecule has 18 heavy (non-hydrogen) atoms. The van der Waals surface area contributed by atoms with Crippen LogP contribution in [0.3, 0.4) is 0 Å². The van der Waals surface area contributed by atoms with E-state index in [0.29, 0.717) is 12.5 Å². The van der Waals surface area contributed by atoms with Gasteiger partial charge < -0.3 is 0 Å². The highest BCUT2D eigenvalue weighted by Gasteiger charge is 2.35. The van der Waals surface area contributed by atoms with E-state index >= 15 is 0 Å². The van der Waals surface area contributed by atoms with Crippen LogP contribution in [0.5, 0.6) is 0 Å². The molecule has 0 spiro atoms. The molecule has 2 rings (SSSR count). The summed E-state index contributed by atoms with van der Waals surface area (Å²) in [6.45, 7) is 3.48. The second-order valence-corrected chi connectivity index (χ2v) is 5.95. The van der Waals surface area contributed by atoms with Crippen LogP contribution in [0.15, 0.2) is 0 Å². The van der Waals surface area contributed by atoms with E-state index in [9.17, 15) is 4.79 Å². The molecule has 3 N–H and O–H groups in total. The number of rotatable bonds is 4. The summed E-state index contributed by atoms with van der Waals surface area (Å²) in [6, 6.07) is 1.29. The predicted octanol–water partition coefficient (Wildman–Crippen LogP) is 1.80. The van der Waals surface area contributed by atoms with Crippen LogP contribution in [-0.4, -0.2) is 29.4 Å². The molecular formula is C14H27N3O. The summed E-state index contributed by atoms with van der Waals surface area (Å²) in [4.78, 5) is 13.9. The van der Waals surface area contributed by atoms with Crippen molar-refractivity contribution < 1.29 is 4.79 Å². The highest BCUT2D eigenvalue weighted by molar-refractivity contribution is 5.75. The normalized spacial score (nSPS) is 30.6. The van der Waals surface area contributed by atoms with Crippen LogP contribution < -0.4 is 11.3 Å². The predicted molar refractivity (Wildman–Crippen MR) is 72.7 cm³/mol. The first-order valence-corrected chi connectivity index (χ1v) is 7.47. The number of nitrogens with zero attached hydrogens (tertiary/aromatic N) is 1. The Hall–Kier alpha value is -0.610. The molecule has 0 bridgehead atoms. The van der Waals surface area contributed by atoms with Crippen molar-refractivity contribution in [3.63, 3.8) is 0 Å². The molecule has 2 fully saturated rings. The Labute approximate surface area is 110 Å². The number of likely N-dealkylation sites (tertiary alicyclic amines) is 1. The molecule has 0 aromatic heterocycles. The van der Waals surface area contributed by atoms with Crippen molar-refractivity contribution in [2.24, 2.45) is 11.8 Å². The maximum absolute atomic E-state index is 11.2. The first-order valence-electron chi connectivity index (χ1n) is 7.47. The Morgan fingerprint density at radius 2 is 2.06 bits per heavy atom. The van der Waals surface area contributed by atoms with Gasteiger partial charge in [0.25, 0.3) is 0 Å². The van der Waals surface area contributed by atoms with E-state index in [4.69, 9.17) is 5.84 Å². The van der Waals surface area contributed by atoms with Gasteiger partial charge in [-0.15, -0.1) is 0 Å². The zero-order chi connectivity index (χ0) is 13.0. The lowest BCUT2D eigenvalue weighted by Crippen LogP contribution is -2.50.